The van der Waals surface area contributed by atoms with Crippen LogP contribution in [0.25, 0.3) is 0 Å². The molecule has 39 heavy (non-hydrogen) atoms. The molecule has 0 bridgehead atoms. The van der Waals surface area contributed by atoms with Crippen LogP contribution < -0.4 is 5.73 Å². The van der Waals surface area contributed by atoms with Crippen molar-refractivity contribution in [3.8, 4) is 0 Å². The number of hydrogen-bond donors (Lipinski definition) is 1. The number of carbonyl (C=O) groups excluding carboxylic acids is 1. The van der Waals surface area contributed by atoms with E-state index in [4.69, 9.17) is 24.1 Å². The van der Waals surface area contributed by atoms with E-state index in [-0.39, 0.29) is 29.8 Å². The van der Waals surface area contributed by atoms with Crippen LogP contribution in [0.15, 0.2) is 102 Å². The lowest BCUT2D eigenvalue weighted by Crippen LogP contribution is -2.32. The third kappa shape index (κ3) is 6.43. The molecule has 11 heteroatoms. The van der Waals surface area contributed by atoms with E-state index in [9.17, 15) is 9.36 Å². The highest BCUT2D eigenvalue weighted by atomic mass is 32.1. The van der Waals surface area contributed by atoms with E-state index in [1.165, 1.54) is 5.38 Å². The molecule has 2 N–H and O–H groups in total. The first-order chi connectivity index (χ1) is 18.9. The number of carbonyl (C=O) groups is 1. The van der Waals surface area contributed by atoms with Crippen LogP contribution in [-0.4, -0.2) is 29.9 Å². The molecule has 0 saturated carbocycles. The standard InChI is InChI=1S/C28H28N3O6PS/c1-3-34-38(33,35-4-2)36-26(32)25(24-20-39-27(29)30-24)31-37-28(21-14-8-5-9-15-21,22-16-10-6-11-17-22)23-18-12-7-13-19-23/h5-20H,3-4H2,1-2H3,(H2,29,30)/b31-25-. The number of aromatic nitrogens is 1. The number of phosphoric ester groups is 1. The Balaban J connectivity index is 1.89. The average Bonchev–Trinajstić information content (AvgIpc) is 3.38. The van der Waals surface area contributed by atoms with E-state index in [1.54, 1.807) is 13.8 Å². The second-order valence-electron chi connectivity index (χ2n) is 8.04. The van der Waals surface area contributed by atoms with Crippen LogP contribution in [0.1, 0.15) is 36.2 Å². The topological polar surface area (TPSA) is 122 Å². The molecule has 0 fully saturated rings. The number of oxime groups is 1. The van der Waals surface area contributed by atoms with Gasteiger partial charge in [0.25, 0.3) is 0 Å². The van der Waals surface area contributed by atoms with E-state index >= 15 is 0 Å². The second-order valence-corrected chi connectivity index (χ2v) is 10.5. The van der Waals surface area contributed by atoms with E-state index in [0.29, 0.717) is 0 Å². The van der Waals surface area contributed by atoms with Crippen LogP contribution in [0, 0.1) is 0 Å². The lowest BCUT2D eigenvalue weighted by molar-refractivity contribution is -0.129. The normalized spacial score (nSPS) is 12.2. The van der Waals surface area contributed by atoms with Gasteiger partial charge in [0.1, 0.15) is 5.69 Å². The molecule has 9 nitrogen and oxygen atoms in total. The molecule has 0 aliphatic carbocycles. The number of hydrogen-bond acceptors (Lipinski definition) is 10. The Hall–Kier alpha value is -3.82. The molecule has 0 amide bonds. The van der Waals surface area contributed by atoms with E-state index in [0.717, 1.165) is 28.0 Å². The van der Waals surface area contributed by atoms with E-state index in [1.807, 2.05) is 91.0 Å². The number of rotatable bonds is 12. The summed E-state index contributed by atoms with van der Waals surface area (Å²) >= 11 is 1.10. The van der Waals surface area contributed by atoms with Gasteiger partial charge in [0.2, 0.25) is 11.3 Å². The smallest absolute Gasteiger partial charge is 0.375 e. The summed E-state index contributed by atoms with van der Waals surface area (Å²) in [6.07, 6.45) is 0. The van der Waals surface area contributed by atoms with Crippen molar-refractivity contribution < 1.29 is 27.8 Å². The fourth-order valence-electron chi connectivity index (χ4n) is 3.93. The van der Waals surface area contributed by atoms with Crippen LogP contribution >= 0.6 is 19.2 Å². The van der Waals surface area contributed by atoms with Gasteiger partial charge in [-0.05, 0) is 13.8 Å². The fraction of sp³-hybridized carbons (Fsp3) is 0.179. The minimum Gasteiger partial charge on any atom is -0.375 e. The van der Waals surface area contributed by atoms with Gasteiger partial charge < -0.3 is 15.1 Å². The number of benzene rings is 3. The predicted octanol–water partition coefficient (Wildman–Crippen LogP) is 6.16. The fourth-order valence-corrected chi connectivity index (χ4v) is 5.58. The van der Waals surface area contributed by atoms with Gasteiger partial charge in [-0.15, -0.1) is 11.3 Å². The zero-order valence-corrected chi connectivity index (χ0v) is 23.1. The monoisotopic (exact) mass is 565 g/mol. The highest BCUT2D eigenvalue weighted by Crippen LogP contribution is 2.49. The van der Waals surface area contributed by atoms with Crippen molar-refractivity contribution in [1.29, 1.82) is 0 Å². The Morgan fingerprint density at radius 2 is 1.33 bits per heavy atom. The Labute approximate surface area is 230 Å². The molecule has 0 saturated heterocycles. The number of nitrogens with two attached hydrogens (primary N) is 1. The Bertz CT molecular complexity index is 1340. The summed E-state index contributed by atoms with van der Waals surface area (Å²) in [5.74, 6) is -1.10. The number of phosphoric acid groups is 1. The first-order valence-corrected chi connectivity index (χ1v) is 14.5. The molecule has 0 unspecified atom stereocenters. The van der Waals surface area contributed by atoms with Crippen LogP contribution in [-0.2, 0) is 33.4 Å². The molecular weight excluding hydrogens is 537 g/mol. The second kappa shape index (κ2) is 12.8. The number of nitrogen functional groups attached to an aromatic ring is 1. The Morgan fingerprint density at radius 3 is 1.72 bits per heavy atom. The van der Waals surface area contributed by atoms with Crippen molar-refractivity contribution in [1.82, 2.24) is 4.98 Å². The third-order valence-corrected chi connectivity index (χ3v) is 7.75. The summed E-state index contributed by atoms with van der Waals surface area (Å²) in [6.45, 7) is 3.20. The van der Waals surface area contributed by atoms with Crippen molar-refractivity contribution in [2.24, 2.45) is 5.16 Å². The molecule has 3 aromatic carbocycles. The predicted molar refractivity (Wildman–Crippen MR) is 150 cm³/mol. The third-order valence-electron chi connectivity index (χ3n) is 5.54. The van der Waals surface area contributed by atoms with Gasteiger partial charge in [0, 0.05) is 22.1 Å². The number of thiazole rings is 1. The van der Waals surface area contributed by atoms with Crippen molar-refractivity contribution in [2.45, 2.75) is 19.4 Å². The summed E-state index contributed by atoms with van der Waals surface area (Å²) in [6, 6.07) is 28.5. The molecule has 0 atom stereocenters. The maximum Gasteiger partial charge on any atom is 0.532 e. The van der Waals surface area contributed by atoms with Crippen LogP contribution in [0.2, 0.25) is 0 Å². The van der Waals surface area contributed by atoms with Crippen molar-refractivity contribution >= 4 is 36.0 Å². The van der Waals surface area contributed by atoms with Gasteiger partial charge in [-0.3, -0.25) is 9.05 Å². The largest absolute Gasteiger partial charge is 0.532 e. The summed E-state index contributed by atoms with van der Waals surface area (Å²) in [5, 5.41) is 6.04. The molecule has 0 spiro atoms. The molecule has 4 aromatic rings. The van der Waals surface area contributed by atoms with E-state index in [2.05, 4.69) is 10.1 Å². The van der Waals surface area contributed by atoms with Gasteiger partial charge in [-0.25, -0.2) is 14.3 Å². The molecule has 0 radical (unpaired) electrons. The van der Waals surface area contributed by atoms with Crippen LogP contribution in [0.4, 0.5) is 5.13 Å². The van der Waals surface area contributed by atoms with Crippen LogP contribution in [0.3, 0.4) is 0 Å². The van der Waals surface area contributed by atoms with Gasteiger partial charge in [0.15, 0.2) is 5.13 Å². The molecule has 1 heterocycles. The minimum atomic E-state index is -4.22. The molecule has 1 aromatic heterocycles. The van der Waals surface area contributed by atoms with Gasteiger partial charge in [-0.1, -0.05) is 96.2 Å². The van der Waals surface area contributed by atoms with Crippen molar-refractivity contribution in [2.75, 3.05) is 18.9 Å². The van der Waals surface area contributed by atoms with Crippen LogP contribution in [0.5, 0.6) is 0 Å². The molecular formula is C28H28N3O6PS. The Kier molecular flexibility index (Phi) is 9.27. The van der Waals surface area contributed by atoms with Gasteiger partial charge in [-0.2, -0.15) is 0 Å². The Morgan fingerprint density at radius 1 is 0.872 bits per heavy atom. The molecule has 0 aliphatic rings. The van der Waals surface area contributed by atoms with E-state index < -0.39 is 19.4 Å². The summed E-state index contributed by atoms with van der Waals surface area (Å²) < 4.78 is 28.5. The minimum absolute atomic E-state index is 0.00365. The highest BCUT2D eigenvalue weighted by Gasteiger charge is 2.41. The summed E-state index contributed by atoms with van der Waals surface area (Å²) in [4.78, 5) is 24.0. The first-order valence-electron chi connectivity index (χ1n) is 12.2. The lowest BCUT2D eigenvalue weighted by atomic mass is 9.80. The van der Waals surface area contributed by atoms with Gasteiger partial charge >= 0.3 is 13.8 Å². The van der Waals surface area contributed by atoms with Crippen molar-refractivity contribution in [3.63, 3.8) is 0 Å². The zero-order chi connectivity index (χ0) is 27.7. The zero-order valence-electron chi connectivity index (χ0n) is 21.4. The number of nitrogens with zero attached hydrogens (tertiary/aromatic N) is 2. The van der Waals surface area contributed by atoms with Gasteiger partial charge in [0.05, 0.1) is 13.2 Å². The SMILES string of the molecule is CCOP(=O)(OCC)OC(=O)/C(=N\OC(c1ccccc1)(c1ccccc1)c1ccccc1)c1csc(N)n1. The maximum atomic E-state index is 13.4. The maximum absolute atomic E-state index is 13.4. The highest BCUT2D eigenvalue weighted by molar-refractivity contribution is 7.49. The lowest BCUT2D eigenvalue weighted by Gasteiger charge is -2.33. The molecule has 202 valence electrons. The molecule has 0 aliphatic heterocycles. The average molecular weight is 566 g/mol. The molecule has 4 rings (SSSR count). The first kappa shape index (κ1) is 28.2. The number of anilines is 1. The van der Waals surface area contributed by atoms with Crippen molar-refractivity contribution in [3.05, 3.63) is 119 Å². The summed E-state index contributed by atoms with van der Waals surface area (Å²) in [7, 11) is -4.22. The summed E-state index contributed by atoms with van der Waals surface area (Å²) in [5.41, 5.74) is 6.57. The quantitative estimate of drug-likeness (QED) is 0.0938.